The maximum atomic E-state index is 11.6. The average molecular weight is 263 g/mol. The average Bonchev–Trinajstić information content (AvgIpc) is 2.15. The van der Waals surface area contributed by atoms with E-state index in [1.165, 1.54) is 0 Å². The summed E-state index contributed by atoms with van der Waals surface area (Å²) in [5.74, 6) is -1.08. The van der Waals surface area contributed by atoms with Crippen LogP contribution in [0.2, 0.25) is 0 Å². The lowest BCUT2D eigenvalue weighted by atomic mass is 10.1. The van der Waals surface area contributed by atoms with Gasteiger partial charge in [0.15, 0.2) is 0 Å². The van der Waals surface area contributed by atoms with Gasteiger partial charge in [-0.3, -0.25) is 4.79 Å². The van der Waals surface area contributed by atoms with Crippen LogP contribution in [0.5, 0.6) is 0 Å². The highest BCUT2D eigenvalue weighted by atomic mass is 32.2. The molecule has 1 atom stereocenters. The summed E-state index contributed by atoms with van der Waals surface area (Å²) in [5, 5.41) is 8.91. The quantitative estimate of drug-likeness (QED) is 0.486. The zero-order valence-electron chi connectivity index (χ0n) is 10.3. The molecular formula is C11H21NO4S. The predicted octanol–water partition coefficient (Wildman–Crippen LogP) is 1.37. The number of allylic oxidation sites excluding steroid dienone is 1. The molecule has 1 unspecified atom stereocenters. The van der Waals surface area contributed by atoms with Crippen molar-refractivity contribution in [2.45, 2.75) is 39.2 Å². The molecule has 5 nitrogen and oxygen atoms in total. The van der Waals surface area contributed by atoms with E-state index in [2.05, 4.69) is 11.3 Å². The third-order valence-electron chi connectivity index (χ3n) is 2.15. The Hall–Kier alpha value is -0.880. The molecule has 0 rings (SSSR count). The number of aliphatic carboxylic acids is 1. The van der Waals surface area contributed by atoms with E-state index in [-0.39, 0.29) is 18.1 Å². The topological polar surface area (TPSA) is 83.5 Å². The lowest BCUT2D eigenvalue weighted by Crippen LogP contribution is -2.42. The van der Waals surface area contributed by atoms with E-state index >= 15 is 0 Å². The number of hydrogen-bond acceptors (Lipinski definition) is 3. The summed E-state index contributed by atoms with van der Waals surface area (Å²) in [6.07, 6.45) is 2.98. The van der Waals surface area contributed by atoms with Crippen LogP contribution in [-0.2, 0) is 14.8 Å². The van der Waals surface area contributed by atoms with Gasteiger partial charge < -0.3 is 5.11 Å². The van der Waals surface area contributed by atoms with Crippen molar-refractivity contribution in [2.24, 2.45) is 5.92 Å². The highest BCUT2D eigenvalue weighted by Gasteiger charge is 2.24. The zero-order chi connectivity index (χ0) is 13.5. The Morgan fingerprint density at radius 2 is 2.06 bits per heavy atom. The van der Waals surface area contributed by atoms with Gasteiger partial charge in [0.05, 0.1) is 5.75 Å². The van der Waals surface area contributed by atoms with Crippen molar-refractivity contribution < 1.29 is 18.3 Å². The van der Waals surface area contributed by atoms with Crippen LogP contribution in [0.1, 0.15) is 33.1 Å². The second kappa shape index (κ2) is 7.45. The van der Waals surface area contributed by atoms with E-state index in [9.17, 15) is 13.2 Å². The van der Waals surface area contributed by atoms with Crippen molar-refractivity contribution in [1.82, 2.24) is 4.72 Å². The summed E-state index contributed by atoms with van der Waals surface area (Å²) >= 11 is 0. The third-order valence-corrected chi connectivity index (χ3v) is 3.62. The van der Waals surface area contributed by atoms with E-state index in [1.54, 1.807) is 6.08 Å². The molecule has 0 radical (unpaired) electrons. The van der Waals surface area contributed by atoms with Gasteiger partial charge in [-0.15, -0.1) is 6.58 Å². The van der Waals surface area contributed by atoms with E-state index in [4.69, 9.17) is 5.11 Å². The van der Waals surface area contributed by atoms with Crippen LogP contribution in [-0.4, -0.2) is 31.3 Å². The molecular weight excluding hydrogens is 242 g/mol. The number of unbranched alkanes of at least 4 members (excludes halogenated alkanes) is 1. The lowest BCUT2D eigenvalue weighted by Gasteiger charge is -2.16. The molecule has 0 amide bonds. The molecule has 0 spiro atoms. The van der Waals surface area contributed by atoms with Crippen molar-refractivity contribution in [3.63, 3.8) is 0 Å². The predicted molar refractivity (Wildman–Crippen MR) is 67.2 cm³/mol. The molecule has 0 bridgehead atoms. The fraction of sp³-hybridized carbons (Fsp3) is 0.727. The smallest absolute Gasteiger partial charge is 0.321 e. The minimum Gasteiger partial charge on any atom is -0.480 e. The number of nitrogens with one attached hydrogen (secondary N) is 1. The van der Waals surface area contributed by atoms with Gasteiger partial charge in [-0.1, -0.05) is 19.9 Å². The fourth-order valence-electron chi connectivity index (χ4n) is 1.36. The zero-order valence-corrected chi connectivity index (χ0v) is 11.2. The van der Waals surface area contributed by atoms with Crippen LogP contribution < -0.4 is 4.72 Å². The van der Waals surface area contributed by atoms with Crippen LogP contribution in [0.4, 0.5) is 0 Å². The molecule has 0 aliphatic rings. The van der Waals surface area contributed by atoms with Crippen molar-refractivity contribution in [2.75, 3.05) is 5.75 Å². The molecule has 0 aromatic rings. The van der Waals surface area contributed by atoms with Crippen LogP contribution in [0.3, 0.4) is 0 Å². The second-order valence-electron chi connectivity index (χ2n) is 4.39. The first-order chi connectivity index (χ1) is 7.78. The van der Waals surface area contributed by atoms with Gasteiger partial charge >= 0.3 is 5.97 Å². The fourth-order valence-corrected chi connectivity index (χ4v) is 2.66. The van der Waals surface area contributed by atoms with E-state index in [1.807, 2.05) is 13.8 Å². The van der Waals surface area contributed by atoms with E-state index in [0.717, 1.165) is 0 Å². The molecule has 100 valence electrons. The lowest BCUT2D eigenvalue weighted by molar-refractivity contribution is -0.139. The minimum atomic E-state index is -3.52. The standard InChI is InChI=1S/C11H21NO4S/c1-4-5-6-7-17(15,16)12-10(11(13)14)8-9(2)3/h4,9-10,12H,1,5-8H2,2-3H3,(H,13,14). The third kappa shape index (κ3) is 7.93. The number of sulfonamides is 1. The van der Waals surface area contributed by atoms with Crippen LogP contribution in [0, 0.1) is 5.92 Å². The van der Waals surface area contributed by atoms with Crippen LogP contribution in [0.15, 0.2) is 12.7 Å². The molecule has 0 aromatic carbocycles. The van der Waals surface area contributed by atoms with Gasteiger partial charge in [-0.05, 0) is 25.2 Å². The molecule has 0 aliphatic heterocycles. The Morgan fingerprint density at radius 3 is 2.47 bits per heavy atom. The SMILES string of the molecule is C=CCCCS(=O)(=O)NC(CC(C)C)C(=O)O. The number of carboxylic acid groups (broad SMARTS) is 1. The summed E-state index contributed by atoms with van der Waals surface area (Å²) < 4.78 is 25.4. The van der Waals surface area contributed by atoms with Gasteiger partial charge in [0.2, 0.25) is 10.0 Å². The maximum absolute atomic E-state index is 11.6. The van der Waals surface area contributed by atoms with Crippen molar-refractivity contribution in [1.29, 1.82) is 0 Å². The molecule has 2 N–H and O–H groups in total. The van der Waals surface area contributed by atoms with Gasteiger partial charge in [-0.2, -0.15) is 0 Å². The minimum absolute atomic E-state index is 0.0686. The highest BCUT2D eigenvalue weighted by molar-refractivity contribution is 7.89. The van der Waals surface area contributed by atoms with Crippen LogP contribution in [0.25, 0.3) is 0 Å². The van der Waals surface area contributed by atoms with Gasteiger partial charge in [-0.25, -0.2) is 13.1 Å². The summed E-state index contributed by atoms with van der Waals surface area (Å²) in [7, 11) is -3.52. The van der Waals surface area contributed by atoms with Crippen molar-refractivity contribution in [3.05, 3.63) is 12.7 Å². The molecule has 0 saturated carbocycles. The Labute approximate surface area is 103 Å². The largest absolute Gasteiger partial charge is 0.480 e. The van der Waals surface area contributed by atoms with Crippen molar-refractivity contribution >= 4 is 16.0 Å². The molecule has 0 aromatic heterocycles. The summed E-state index contributed by atoms with van der Waals surface area (Å²) in [6, 6.07) is -1.04. The molecule has 0 aliphatic carbocycles. The van der Waals surface area contributed by atoms with Gasteiger partial charge in [0, 0.05) is 0 Å². The Morgan fingerprint density at radius 1 is 1.47 bits per heavy atom. The first kappa shape index (κ1) is 16.1. The first-order valence-corrected chi connectivity index (χ1v) is 7.27. The summed E-state index contributed by atoms with van der Waals surface area (Å²) in [4.78, 5) is 10.9. The van der Waals surface area contributed by atoms with Crippen molar-refractivity contribution in [3.8, 4) is 0 Å². The molecule has 6 heteroatoms. The molecule has 0 saturated heterocycles. The maximum Gasteiger partial charge on any atom is 0.321 e. The van der Waals surface area contributed by atoms with Gasteiger partial charge in [0.25, 0.3) is 0 Å². The normalized spacial score (nSPS) is 13.6. The van der Waals surface area contributed by atoms with Gasteiger partial charge in [0.1, 0.15) is 6.04 Å². The number of carboxylic acids is 1. The van der Waals surface area contributed by atoms with E-state index in [0.29, 0.717) is 12.8 Å². The number of rotatable bonds is 9. The number of carbonyl (C=O) groups is 1. The molecule has 0 heterocycles. The number of hydrogen-bond donors (Lipinski definition) is 2. The summed E-state index contributed by atoms with van der Waals surface area (Å²) in [6.45, 7) is 7.20. The molecule has 0 fully saturated rings. The first-order valence-electron chi connectivity index (χ1n) is 5.62. The highest BCUT2D eigenvalue weighted by Crippen LogP contribution is 2.07. The Kier molecular flexibility index (Phi) is 7.06. The monoisotopic (exact) mass is 263 g/mol. The van der Waals surface area contributed by atoms with Crippen LogP contribution >= 0.6 is 0 Å². The van der Waals surface area contributed by atoms with E-state index < -0.39 is 22.0 Å². The second-order valence-corrected chi connectivity index (χ2v) is 6.26. The molecule has 17 heavy (non-hydrogen) atoms. The Bertz CT molecular complexity index is 348. The Balaban J connectivity index is 4.42. The summed E-state index contributed by atoms with van der Waals surface area (Å²) in [5.41, 5.74) is 0.